The monoisotopic (exact) mass is 383 g/mol. The summed E-state index contributed by atoms with van der Waals surface area (Å²) in [7, 11) is 0. The Kier molecular flexibility index (Phi) is 5.70. The number of nitriles is 1. The van der Waals surface area contributed by atoms with Crippen LogP contribution >= 0.6 is 0 Å². The first-order valence-electron chi connectivity index (χ1n) is 9.56. The number of aryl methyl sites for hydroxylation is 4. The third-order valence-electron chi connectivity index (χ3n) is 4.99. The van der Waals surface area contributed by atoms with Crippen molar-refractivity contribution in [3.05, 3.63) is 87.7 Å². The number of carbonyl (C=O) groups is 1. The quantitative estimate of drug-likeness (QED) is 0.473. The normalized spacial score (nSPS) is 11.2. The van der Waals surface area contributed by atoms with E-state index in [0.717, 1.165) is 28.2 Å². The second-order valence-electron chi connectivity index (χ2n) is 7.45. The van der Waals surface area contributed by atoms with Gasteiger partial charge in [-0.25, -0.2) is 0 Å². The van der Waals surface area contributed by atoms with Crippen molar-refractivity contribution in [2.24, 2.45) is 0 Å². The first-order chi connectivity index (χ1) is 13.8. The van der Waals surface area contributed by atoms with E-state index < -0.39 is 5.91 Å². The molecule has 2 aromatic carbocycles. The van der Waals surface area contributed by atoms with Crippen LogP contribution in [0, 0.1) is 45.9 Å². The van der Waals surface area contributed by atoms with Crippen LogP contribution in [-0.2, 0) is 4.79 Å². The van der Waals surface area contributed by atoms with E-state index in [-0.39, 0.29) is 5.57 Å². The van der Waals surface area contributed by atoms with Crippen LogP contribution in [0.2, 0.25) is 0 Å². The van der Waals surface area contributed by atoms with E-state index in [2.05, 4.69) is 41.9 Å². The van der Waals surface area contributed by atoms with Crippen molar-refractivity contribution in [1.29, 1.82) is 5.26 Å². The highest BCUT2D eigenvalue weighted by Crippen LogP contribution is 2.25. The van der Waals surface area contributed by atoms with Crippen molar-refractivity contribution in [3.63, 3.8) is 0 Å². The van der Waals surface area contributed by atoms with Gasteiger partial charge in [-0.1, -0.05) is 24.3 Å². The van der Waals surface area contributed by atoms with Gasteiger partial charge in [-0.3, -0.25) is 4.79 Å². The standard InChI is InChI=1S/C25H25N3O/c1-16-10-17(2)12-23(11-16)28-19(4)13-21(20(28)5)14-22(15-26)25(29)27-24-9-7-6-8-18(24)3/h6-14H,1-5H3,(H,27,29)/b22-14-. The molecule has 146 valence electrons. The molecule has 3 aromatic rings. The number of rotatable bonds is 4. The Morgan fingerprint density at radius 2 is 1.66 bits per heavy atom. The Bertz CT molecular complexity index is 1140. The summed E-state index contributed by atoms with van der Waals surface area (Å²) in [5, 5.41) is 12.4. The number of nitrogens with one attached hydrogen (secondary N) is 1. The van der Waals surface area contributed by atoms with Gasteiger partial charge in [-0.2, -0.15) is 5.26 Å². The van der Waals surface area contributed by atoms with Crippen molar-refractivity contribution < 1.29 is 4.79 Å². The molecule has 29 heavy (non-hydrogen) atoms. The fourth-order valence-corrected chi connectivity index (χ4v) is 3.62. The van der Waals surface area contributed by atoms with Crippen molar-refractivity contribution in [1.82, 2.24) is 4.57 Å². The minimum Gasteiger partial charge on any atom is -0.321 e. The fourth-order valence-electron chi connectivity index (χ4n) is 3.62. The number of hydrogen-bond donors (Lipinski definition) is 1. The highest BCUT2D eigenvalue weighted by molar-refractivity contribution is 6.10. The zero-order valence-electron chi connectivity index (χ0n) is 17.5. The summed E-state index contributed by atoms with van der Waals surface area (Å²) in [5.41, 5.74) is 8.11. The van der Waals surface area contributed by atoms with Crippen LogP contribution in [0.1, 0.15) is 33.6 Å². The van der Waals surface area contributed by atoms with Gasteiger partial charge in [0.1, 0.15) is 11.6 Å². The second kappa shape index (κ2) is 8.20. The van der Waals surface area contributed by atoms with Crippen LogP contribution < -0.4 is 5.32 Å². The second-order valence-corrected chi connectivity index (χ2v) is 7.45. The third kappa shape index (κ3) is 4.30. The van der Waals surface area contributed by atoms with E-state index in [1.807, 2.05) is 57.2 Å². The Balaban J connectivity index is 1.98. The fraction of sp³-hybridized carbons (Fsp3) is 0.200. The molecule has 0 aliphatic heterocycles. The van der Waals surface area contributed by atoms with Crippen LogP contribution in [0.4, 0.5) is 5.69 Å². The molecule has 0 saturated heterocycles. The highest BCUT2D eigenvalue weighted by Gasteiger charge is 2.15. The molecular formula is C25H25N3O. The number of amides is 1. The summed E-state index contributed by atoms with van der Waals surface area (Å²) in [6.07, 6.45) is 1.66. The molecule has 1 aromatic heterocycles. The first kappa shape index (κ1) is 20.2. The average molecular weight is 383 g/mol. The lowest BCUT2D eigenvalue weighted by Crippen LogP contribution is -2.14. The Morgan fingerprint density at radius 3 is 2.28 bits per heavy atom. The maximum absolute atomic E-state index is 12.7. The van der Waals surface area contributed by atoms with Crippen molar-refractivity contribution in [3.8, 4) is 11.8 Å². The lowest BCUT2D eigenvalue weighted by atomic mass is 10.1. The molecule has 0 atom stereocenters. The molecule has 1 amide bonds. The summed E-state index contributed by atoms with van der Waals surface area (Å²) >= 11 is 0. The molecule has 4 heteroatoms. The SMILES string of the molecule is Cc1cc(C)cc(-n2c(C)cc(/C=C(/C#N)C(=O)Nc3ccccc3C)c2C)c1. The molecule has 0 spiro atoms. The van der Waals surface area contributed by atoms with E-state index in [1.165, 1.54) is 11.1 Å². The largest absolute Gasteiger partial charge is 0.321 e. The minimum absolute atomic E-state index is 0.0777. The van der Waals surface area contributed by atoms with Crippen molar-refractivity contribution in [2.45, 2.75) is 34.6 Å². The minimum atomic E-state index is -0.405. The molecule has 0 aliphatic carbocycles. The predicted octanol–water partition coefficient (Wildman–Crippen LogP) is 5.57. The lowest BCUT2D eigenvalue weighted by molar-refractivity contribution is -0.112. The Morgan fingerprint density at radius 1 is 1.00 bits per heavy atom. The number of para-hydroxylation sites is 1. The van der Waals surface area contributed by atoms with E-state index in [4.69, 9.17) is 0 Å². The molecule has 0 fully saturated rings. The summed E-state index contributed by atoms with van der Waals surface area (Å²) in [5.74, 6) is -0.405. The van der Waals surface area contributed by atoms with Gasteiger partial charge in [0.15, 0.2) is 0 Å². The van der Waals surface area contributed by atoms with Gasteiger partial charge in [-0.15, -0.1) is 0 Å². The molecule has 0 unspecified atom stereocenters. The molecule has 3 rings (SSSR count). The van der Waals surface area contributed by atoms with Gasteiger partial charge < -0.3 is 9.88 Å². The maximum atomic E-state index is 12.7. The van der Waals surface area contributed by atoms with Crippen LogP contribution in [0.3, 0.4) is 0 Å². The maximum Gasteiger partial charge on any atom is 0.266 e. The van der Waals surface area contributed by atoms with E-state index in [0.29, 0.717) is 5.69 Å². The van der Waals surface area contributed by atoms with Crippen LogP contribution in [0.25, 0.3) is 11.8 Å². The van der Waals surface area contributed by atoms with E-state index >= 15 is 0 Å². The van der Waals surface area contributed by atoms with Crippen molar-refractivity contribution >= 4 is 17.7 Å². The number of hydrogen-bond acceptors (Lipinski definition) is 2. The van der Waals surface area contributed by atoms with Gasteiger partial charge in [0.2, 0.25) is 0 Å². The number of carbonyl (C=O) groups excluding carboxylic acids is 1. The lowest BCUT2D eigenvalue weighted by Gasteiger charge is -2.12. The van der Waals surface area contributed by atoms with Gasteiger partial charge >= 0.3 is 0 Å². The van der Waals surface area contributed by atoms with Crippen molar-refractivity contribution in [2.75, 3.05) is 5.32 Å². The van der Waals surface area contributed by atoms with E-state index in [9.17, 15) is 10.1 Å². The molecule has 0 aliphatic rings. The predicted molar refractivity (Wildman–Crippen MR) is 118 cm³/mol. The zero-order valence-corrected chi connectivity index (χ0v) is 17.5. The van der Waals surface area contributed by atoms with Crippen LogP contribution in [-0.4, -0.2) is 10.5 Å². The molecule has 0 radical (unpaired) electrons. The first-order valence-corrected chi connectivity index (χ1v) is 9.56. The molecule has 1 N–H and O–H groups in total. The third-order valence-corrected chi connectivity index (χ3v) is 4.99. The van der Waals surface area contributed by atoms with Crippen LogP contribution in [0.5, 0.6) is 0 Å². The number of nitrogens with zero attached hydrogens (tertiary/aromatic N) is 2. The number of benzene rings is 2. The van der Waals surface area contributed by atoms with Gasteiger partial charge in [0.25, 0.3) is 5.91 Å². The van der Waals surface area contributed by atoms with Gasteiger partial charge in [-0.05, 0) is 87.2 Å². The van der Waals surface area contributed by atoms with Gasteiger partial charge in [0.05, 0.1) is 0 Å². The zero-order chi connectivity index (χ0) is 21.1. The number of aromatic nitrogens is 1. The smallest absolute Gasteiger partial charge is 0.266 e. The molecule has 0 saturated carbocycles. The summed E-state index contributed by atoms with van der Waals surface area (Å²) in [4.78, 5) is 12.7. The summed E-state index contributed by atoms with van der Waals surface area (Å²) in [6, 6.07) is 18.0. The van der Waals surface area contributed by atoms with Crippen LogP contribution in [0.15, 0.2) is 54.1 Å². The number of anilines is 1. The average Bonchev–Trinajstić information content (AvgIpc) is 2.94. The summed E-state index contributed by atoms with van der Waals surface area (Å²) < 4.78 is 2.15. The van der Waals surface area contributed by atoms with Gasteiger partial charge in [0, 0.05) is 22.8 Å². The van der Waals surface area contributed by atoms with E-state index in [1.54, 1.807) is 6.08 Å². The molecule has 4 nitrogen and oxygen atoms in total. The Hall–Kier alpha value is -3.58. The highest BCUT2D eigenvalue weighted by atomic mass is 16.1. The molecular weight excluding hydrogens is 358 g/mol. The molecule has 1 heterocycles. The molecule has 0 bridgehead atoms. The summed E-state index contributed by atoms with van der Waals surface area (Å²) in [6.45, 7) is 10.1. The topological polar surface area (TPSA) is 57.8 Å². The Labute approximate surface area is 172 Å².